The number of piperazine rings is 1. The van der Waals surface area contributed by atoms with Crippen molar-refractivity contribution in [2.24, 2.45) is 11.8 Å². The first-order valence-corrected chi connectivity index (χ1v) is 32.3. The number of hydrogen-bond acceptors (Lipinski definition) is 18. The molecule has 470 valence electrons. The number of aromatic amines is 1. The van der Waals surface area contributed by atoms with Crippen LogP contribution in [0.15, 0.2) is 126 Å². The second-order valence-electron chi connectivity index (χ2n) is 23.3. The standard InChI is InChI=1S/C65H70ClN11O12S/c66-46-10-8-44(9-11-46)50-4-2-7-59(88-41-43-37-74(38-43)27-31-86-28-3-21-67-55-6-1-5-51-53(55)40-76(65(51)81)57-16-17-61(78)71-64(57)80)54(50)39-73-23-25-75(26-24-73)47-12-14-52(60(33-47)89-48-32-45-18-22-68-62(45)70-36-48)63(79)72-90(84,85)49-13-15-56(58(34-49)77(82)83)69-35-42-19-29-87-30-20-42/h1-2,4-15,18,22,32-34,36,42-43,57,67,69H,3,16-17,19-21,23-31,35,37-41H2,(H,68,70)(H,72,79)(H,71,78,80). The van der Waals surface area contributed by atoms with Crippen LogP contribution in [0, 0.1) is 22.0 Å². The van der Waals surface area contributed by atoms with E-state index in [0.717, 1.165) is 89.7 Å². The Balaban J connectivity index is 0.648. The summed E-state index contributed by atoms with van der Waals surface area (Å²) in [6.45, 7) is 10.1. The summed E-state index contributed by atoms with van der Waals surface area (Å²) in [6.07, 6.45) is 6.15. The van der Waals surface area contributed by atoms with Crippen molar-refractivity contribution in [1.82, 2.24) is 34.7 Å². The molecule has 0 bridgehead atoms. The average molecular weight is 1260 g/mol. The van der Waals surface area contributed by atoms with Gasteiger partial charge in [-0.3, -0.25) is 39.5 Å². The number of halogens is 1. The molecule has 0 spiro atoms. The Bertz CT molecular complexity index is 3930. The van der Waals surface area contributed by atoms with Crippen LogP contribution in [-0.4, -0.2) is 160 Å². The van der Waals surface area contributed by atoms with Gasteiger partial charge in [0.1, 0.15) is 34.6 Å². The molecule has 1 atom stereocenters. The normalized spacial score (nSPS) is 17.7. The van der Waals surface area contributed by atoms with Gasteiger partial charge < -0.3 is 49.3 Å². The topological polar surface area (TPSA) is 272 Å². The van der Waals surface area contributed by atoms with Crippen molar-refractivity contribution in [3.05, 3.63) is 159 Å². The number of sulfonamides is 1. The third-order valence-corrected chi connectivity index (χ3v) is 18.8. The number of aromatic nitrogens is 2. The number of nitro benzene ring substituents is 1. The van der Waals surface area contributed by atoms with Crippen LogP contribution in [-0.2, 0) is 42.2 Å². The number of hydrogen-bond donors (Lipinski definition) is 5. The van der Waals surface area contributed by atoms with Gasteiger partial charge in [0.05, 0.1) is 34.8 Å². The number of H-pyrrole nitrogens is 1. The van der Waals surface area contributed by atoms with Gasteiger partial charge in [0, 0.05) is 161 Å². The molecule has 90 heavy (non-hydrogen) atoms. The number of benzene rings is 5. The number of fused-ring (bicyclic) bond motifs is 2. The van der Waals surface area contributed by atoms with Crippen LogP contribution in [0.2, 0.25) is 5.02 Å². The summed E-state index contributed by atoms with van der Waals surface area (Å²) in [6, 6.07) is 31.0. The molecule has 0 aliphatic carbocycles. The first-order chi connectivity index (χ1) is 43.7. The highest BCUT2D eigenvalue weighted by Gasteiger charge is 2.40. The van der Waals surface area contributed by atoms with Gasteiger partial charge in [-0.05, 0) is 109 Å². The maximum Gasteiger partial charge on any atom is 0.293 e. The van der Waals surface area contributed by atoms with E-state index in [1.165, 1.54) is 24.4 Å². The first-order valence-electron chi connectivity index (χ1n) is 30.4. The monoisotopic (exact) mass is 1260 g/mol. The van der Waals surface area contributed by atoms with E-state index in [1.54, 1.807) is 35.4 Å². The maximum atomic E-state index is 14.1. The highest BCUT2D eigenvalue weighted by Crippen LogP contribution is 2.38. The molecular formula is C65H70ClN11O12S. The van der Waals surface area contributed by atoms with Crippen LogP contribution in [0.3, 0.4) is 0 Å². The first kappa shape index (κ1) is 61.6. The fourth-order valence-electron chi connectivity index (χ4n) is 12.3. The summed E-state index contributed by atoms with van der Waals surface area (Å²) < 4.78 is 54.4. The lowest BCUT2D eigenvalue weighted by molar-refractivity contribution is -0.384. The number of carbonyl (C=O) groups is 4. The minimum absolute atomic E-state index is 0.0793. The number of amides is 4. The zero-order chi connectivity index (χ0) is 62.3. The second kappa shape index (κ2) is 27.6. The summed E-state index contributed by atoms with van der Waals surface area (Å²) in [7, 11) is -4.62. The smallest absolute Gasteiger partial charge is 0.293 e. The van der Waals surface area contributed by atoms with Crippen molar-refractivity contribution in [2.45, 2.75) is 56.1 Å². The van der Waals surface area contributed by atoms with E-state index in [-0.39, 0.29) is 41.2 Å². The number of rotatable bonds is 25. The Labute approximate surface area is 525 Å². The van der Waals surface area contributed by atoms with Crippen molar-refractivity contribution in [3.8, 4) is 28.4 Å². The van der Waals surface area contributed by atoms with Crippen LogP contribution >= 0.6 is 11.6 Å². The third-order valence-electron chi connectivity index (χ3n) is 17.3. The molecule has 12 rings (SSSR count). The van der Waals surface area contributed by atoms with Crippen LogP contribution in [0.4, 0.5) is 22.7 Å². The van der Waals surface area contributed by atoms with Crippen LogP contribution in [0.1, 0.15) is 63.9 Å². The molecule has 4 amide bonds. The highest BCUT2D eigenvalue weighted by atomic mass is 35.5. The van der Waals surface area contributed by atoms with Gasteiger partial charge in [0.15, 0.2) is 0 Å². The largest absolute Gasteiger partial charge is 0.493 e. The number of nitrogens with zero attached hydrogens (tertiary/aromatic N) is 6. The average Bonchev–Trinajstić information content (AvgIpc) is 2.04. The number of nitro groups is 1. The molecule has 5 N–H and O–H groups in total. The van der Waals surface area contributed by atoms with E-state index in [4.69, 9.17) is 30.5 Å². The highest BCUT2D eigenvalue weighted by molar-refractivity contribution is 7.90. The molecule has 5 aliphatic rings. The van der Waals surface area contributed by atoms with Crippen LogP contribution < -0.4 is 35.0 Å². The molecule has 23 nitrogen and oxygen atoms in total. The Morgan fingerprint density at radius 1 is 0.833 bits per heavy atom. The van der Waals surface area contributed by atoms with Crippen molar-refractivity contribution >= 4 is 79.0 Å². The van der Waals surface area contributed by atoms with Gasteiger partial charge in [-0.25, -0.2) is 18.1 Å². The molecule has 5 aromatic carbocycles. The zero-order valence-electron chi connectivity index (χ0n) is 49.5. The number of pyridine rings is 1. The molecule has 7 heterocycles. The van der Waals surface area contributed by atoms with Gasteiger partial charge in [-0.2, -0.15) is 0 Å². The van der Waals surface area contributed by atoms with Gasteiger partial charge in [-0.1, -0.05) is 41.9 Å². The van der Waals surface area contributed by atoms with E-state index in [0.29, 0.717) is 120 Å². The predicted octanol–water partition coefficient (Wildman–Crippen LogP) is 8.45. The summed E-state index contributed by atoms with van der Waals surface area (Å²) in [4.78, 5) is 78.8. The van der Waals surface area contributed by atoms with Crippen molar-refractivity contribution in [1.29, 1.82) is 0 Å². The molecule has 7 aromatic rings. The van der Waals surface area contributed by atoms with Gasteiger partial charge >= 0.3 is 0 Å². The number of anilines is 3. The number of carbonyl (C=O) groups excluding carboxylic acids is 4. The van der Waals surface area contributed by atoms with E-state index in [2.05, 4.69) is 51.4 Å². The lowest BCUT2D eigenvalue weighted by Crippen LogP contribution is -2.52. The third kappa shape index (κ3) is 14.3. The lowest BCUT2D eigenvalue weighted by atomic mass is 9.97. The van der Waals surface area contributed by atoms with Crippen molar-refractivity contribution < 1.29 is 51.5 Å². The quantitative estimate of drug-likeness (QED) is 0.0155. The van der Waals surface area contributed by atoms with Gasteiger partial charge in [0.2, 0.25) is 11.8 Å². The Morgan fingerprint density at radius 3 is 2.43 bits per heavy atom. The SMILES string of the molecule is O=C1CCC(N2Cc3c(NCCCOCCN4CC(COc5cccc(-c6ccc(Cl)cc6)c5CN5CCN(c6ccc(C(=O)NS(=O)(=O)c7ccc(NCC8CCOCC8)c([N+](=O)[O-])c7)c(Oc7cnc8[nH]ccc8c7)c6)CC5)C4)cccc3C2=O)C(=O)N1. The van der Waals surface area contributed by atoms with Gasteiger partial charge in [-0.15, -0.1) is 0 Å². The van der Waals surface area contributed by atoms with E-state index in [1.807, 2.05) is 54.6 Å². The maximum absolute atomic E-state index is 14.1. The fourth-order valence-corrected chi connectivity index (χ4v) is 13.4. The Kier molecular flexibility index (Phi) is 18.9. The lowest BCUT2D eigenvalue weighted by Gasteiger charge is -2.39. The van der Waals surface area contributed by atoms with Crippen LogP contribution in [0.25, 0.3) is 22.2 Å². The van der Waals surface area contributed by atoms with E-state index < -0.39 is 43.4 Å². The van der Waals surface area contributed by atoms with E-state index >= 15 is 0 Å². The Hall–Kier alpha value is -8.65. The number of ether oxygens (including phenoxy) is 4. The molecule has 0 radical (unpaired) electrons. The molecular weight excluding hydrogens is 1190 g/mol. The van der Waals surface area contributed by atoms with E-state index in [9.17, 15) is 37.7 Å². The summed E-state index contributed by atoms with van der Waals surface area (Å²) in [5.74, 6) is -0.126. The molecule has 1 unspecified atom stereocenters. The molecule has 25 heteroatoms. The number of piperidine rings is 1. The van der Waals surface area contributed by atoms with Crippen molar-refractivity contribution in [3.63, 3.8) is 0 Å². The van der Waals surface area contributed by atoms with Crippen molar-refractivity contribution in [2.75, 3.05) is 107 Å². The summed E-state index contributed by atoms with van der Waals surface area (Å²) in [5, 5.41) is 22.5. The predicted molar refractivity (Wildman–Crippen MR) is 339 cm³/mol. The molecule has 4 fully saturated rings. The molecule has 4 saturated heterocycles. The number of imide groups is 1. The number of likely N-dealkylation sites (tertiary alicyclic amines) is 1. The number of nitrogens with one attached hydrogen (secondary N) is 5. The summed E-state index contributed by atoms with van der Waals surface area (Å²) >= 11 is 6.37. The molecule has 5 aliphatic heterocycles. The summed E-state index contributed by atoms with van der Waals surface area (Å²) in [5.41, 5.74) is 6.45. The second-order valence-corrected chi connectivity index (χ2v) is 25.4. The van der Waals surface area contributed by atoms with Crippen LogP contribution in [0.5, 0.6) is 17.2 Å². The minimum atomic E-state index is -4.62. The Morgan fingerprint density at radius 2 is 1.63 bits per heavy atom. The minimum Gasteiger partial charge on any atom is -0.493 e. The zero-order valence-corrected chi connectivity index (χ0v) is 51.1. The molecule has 0 saturated carbocycles. The molecule has 2 aromatic heterocycles. The van der Waals surface area contributed by atoms with Gasteiger partial charge in [0.25, 0.3) is 27.5 Å². The fraction of sp³-hybridized carbons (Fsp3) is 0.369.